The molecule has 0 saturated carbocycles. The van der Waals surface area contributed by atoms with E-state index in [1.165, 1.54) is 14.0 Å². The summed E-state index contributed by atoms with van der Waals surface area (Å²) in [6.45, 7) is 3.18. The van der Waals surface area contributed by atoms with Crippen LogP contribution in [-0.4, -0.2) is 51.1 Å². The number of carbonyl (C=O) groups excluding carboxylic acids is 3. The van der Waals surface area contributed by atoms with Crippen molar-refractivity contribution in [2.75, 3.05) is 33.5 Å². The Balaban J connectivity index is 4.25. The van der Waals surface area contributed by atoms with Gasteiger partial charge in [0.05, 0.1) is 19.8 Å². The molecule has 0 aromatic heterocycles. The molecule has 0 bridgehead atoms. The van der Waals surface area contributed by atoms with E-state index in [-0.39, 0.29) is 19.8 Å². The van der Waals surface area contributed by atoms with Crippen molar-refractivity contribution in [1.82, 2.24) is 0 Å². The number of rotatable bonds is 9. The van der Waals surface area contributed by atoms with Gasteiger partial charge in [-0.1, -0.05) is 0 Å². The predicted molar refractivity (Wildman–Crippen MR) is 58.5 cm³/mol. The van der Waals surface area contributed by atoms with Crippen LogP contribution in [0.5, 0.6) is 0 Å². The topological polar surface area (TPSA) is 78.9 Å². The van der Waals surface area contributed by atoms with Crippen LogP contribution in [0.15, 0.2) is 0 Å². The highest BCUT2D eigenvalue weighted by molar-refractivity contribution is 6.16. The lowest BCUT2D eigenvalue weighted by molar-refractivity contribution is -0.155. The maximum Gasteiger partial charge on any atom is 0.324 e. The highest BCUT2D eigenvalue weighted by Gasteiger charge is 2.32. The first kappa shape index (κ1) is 15.7. The van der Waals surface area contributed by atoms with Crippen molar-refractivity contribution in [3.8, 4) is 0 Å². The van der Waals surface area contributed by atoms with Crippen molar-refractivity contribution in [3.05, 3.63) is 0 Å². The number of ether oxygens (including phenoxy) is 3. The molecule has 1 unspecified atom stereocenters. The lowest BCUT2D eigenvalue weighted by atomic mass is 10.0. The van der Waals surface area contributed by atoms with E-state index in [9.17, 15) is 14.4 Å². The van der Waals surface area contributed by atoms with Crippen molar-refractivity contribution in [2.24, 2.45) is 5.92 Å². The number of methoxy groups -OCH3 is 1. The lowest BCUT2D eigenvalue weighted by Gasteiger charge is -2.11. The molecule has 6 heteroatoms. The number of carbonyl (C=O) groups is 3. The zero-order chi connectivity index (χ0) is 13.3. The average molecular weight is 246 g/mol. The molecular formula is C11H18O6. The van der Waals surface area contributed by atoms with E-state index in [2.05, 4.69) is 4.74 Å². The summed E-state index contributed by atoms with van der Waals surface area (Å²) in [4.78, 5) is 34.1. The maximum atomic E-state index is 11.6. The molecule has 0 fully saturated rings. The quantitative estimate of drug-likeness (QED) is 0.323. The van der Waals surface area contributed by atoms with Gasteiger partial charge < -0.3 is 14.2 Å². The highest BCUT2D eigenvalue weighted by Crippen LogP contribution is 2.04. The molecule has 0 heterocycles. The second-order valence-corrected chi connectivity index (χ2v) is 3.31. The minimum absolute atomic E-state index is 0.125. The summed E-state index contributed by atoms with van der Waals surface area (Å²) in [7, 11) is 1.50. The smallest absolute Gasteiger partial charge is 0.324 e. The van der Waals surface area contributed by atoms with Gasteiger partial charge in [0.15, 0.2) is 17.5 Å². The molecule has 0 aliphatic heterocycles. The van der Waals surface area contributed by atoms with Gasteiger partial charge in [0, 0.05) is 7.11 Å². The minimum atomic E-state index is -1.38. The van der Waals surface area contributed by atoms with E-state index >= 15 is 0 Å². The summed E-state index contributed by atoms with van der Waals surface area (Å²) in [5.74, 6) is -3.33. The average Bonchev–Trinajstić information content (AvgIpc) is 2.24. The van der Waals surface area contributed by atoms with Crippen LogP contribution in [0.4, 0.5) is 0 Å². The molecule has 1 atom stereocenters. The van der Waals surface area contributed by atoms with Crippen molar-refractivity contribution >= 4 is 17.5 Å². The monoisotopic (exact) mass is 246 g/mol. The zero-order valence-electron chi connectivity index (χ0n) is 10.4. The molecule has 0 N–H and O–H groups in total. The first-order valence-electron chi connectivity index (χ1n) is 5.31. The van der Waals surface area contributed by atoms with E-state index < -0.39 is 23.5 Å². The third kappa shape index (κ3) is 6.13. The van der Waals surface area contributed by atoms with Gasteiger partial charge in [0.1, 0.15) is 6.61 Å². The van der Waals surface area contributed by atoms with Gasteiger partial charge in [-0.2, -0.15) is 0 Å². The molecule has 0 amide bonds. The van der Waals surface area contributed by atoms with Crippen LogP contribution in [-0.2, 0) is 28.6 Å². The third-order valence-electron chi connectivity index (χ3n) is 1.93. The Kier molecular flexibility index (Phi) is 8.17. The molecule has 17 heavy (non-hydrogen) atoms. The van der Waals surface area contributed by atoms with E-state index in [0.29, 0.717) is 6.61 Å². The molecule has 0 rings (SSSR count). The van der Waals surface area contributed by atoms with Crippen LogP contribution in [0.25, 0.3) is 0 Å². The Bertz CT molecular complexity index is 273. The molecule has 0 saturated heterocycles. The van der Waals surface area contributed by atoms with E-state index in [0.717, 1.165) is 0 Å². The van der Waals surface area contributed by atoms with Gasteiger partial charge in [-0.3, -0.25) is 14.4 Å². The lowest BCUT2D eigenvalue weighted by Crippen LogP contribution is -2.34. The maximum absolute atomic E-state index is 11.6. The van der Waals surface area contributed by atoms with Crippen LogP contribution < -0.4 is 0 Å². The Labute approximate surface area is 100 Å². The summed E-state index contributed by atoms with van der Waals surface area (Å²) in [6.07, 6.45) is 0. The molecule has 0 radical (unpaired) electrons. The van der Waals surface area contributed by atoms with Gasteiger partial charge in [-0.25, -0.2) is 0 Å². The van der Waals surface area contributed by atoms with Gasteiger partial charge in [0.25, 0.3) is 0 Å². The van der Waals surface area contributed by atoms with Crippen LogP contribution >= 0.6 is 0 Å². The molecule has 0 aliphatic carbocycles. The number of ketones is 2. The van der Waals surface area contributed by atoms with Gasteiger partial charge in [-0.15, -0.1) is 0 Å². The van der Waals surface area contributed by atoms with E-state index in [1.54, 1.807) is 6.92 Å². The molecule has 6 nitrogen and oxygen atoms in total. The molecule has 0 aliphatic rings. The molecular weight excluding hydrogens is 228 g/mol. The summed E-state index contributed by atoms with van der Waals surface area (Å²) >= 11 is 0. The predicted octanol–water partition coefficient (Wildman–Crippen LogP) is -0.0132. The summed E-state index contributed by atoms with van der Waals surface area (Å²) < 4.78 is 14.3. The van der Waals surface area contributed by atoms with Crippen LogP contribution in [0.2, 0.25) is 0 Å². The Morgan fingerprint density at radius 3 is 2.29 bits per heavy atom. The number of Topliss-reactive ketones (excluding diaryl/α,β-unsaturated/α-hetero) is 2. The second kappa shape index (κ2) is 8.83. The first-order valence-corrected chi connectivity index (χ1v) is 5.31. The molecule has 0 spiro atoms. The number of hydrogen-bond donors (Lipinski definition) is 0. The van der Waals surface area contributed by atoms with Crippen LogP contribution in [0, 0.1) is 5.92 Å². The Morgan fingerprint density at radius 1 is 1.18 bits per heavy atom. The summed E-state index contributed by atoms with van der Waals surface area (Å²) in [5, 5.41) is 0. The fourth-order valence-corrected chi connectivity index (χ4v) is 1.15. The SMILES string of the molecule is CCOC(=O)C(C(C)=O)C(=O)COCCOC. The fourth-order valence-electron chi connectivity index (χ4n) is 1.15. The number of hydrogen-bond acceptors (Lipinski definition) is 6. The first-order chi connectivity index (χ1) is 8.04. The largest absolute Gasteiger partial charge is 0.465 e. The Hall–Kier alpha value is -1.27. The highest BCUT2D eigenvalue weighted by atomic mass is 16.5. The van der Waals surface area contributed by atoms with Crippen molar-refractivity contribution < 1.29 is 28.6 Å². The zero-order valence-corrected chi connectivity index (χ0v) is 10.4. The number of esters is 1. The standard InChI is InChI=1S/C11H18O6/c1-4-17-11(14)10(8(2)12)9(13)7-16-6-5-15-3/h10H,4-7H2,1-3H3. The van der Waals surface area contributed by atoms with Crippen molar-refractivity contribution in [2.45, 2.75) is 13.8 Å². The van der Waals surface area contributed by atoms with Crippen LogP contribution in [0.3, 0.4) is 0 Å². The van der Waals surface area contributed by atoms with Gasteiger partial charge >= 0.3 is 5.97 Å². The van der Waals surface area contributed by atoms with Gasteiger partial charge in [-0.05, 0) is 13.8 Å². The normalized spacial score (nSPS) is 11.9. The van der Waals surface area contributed by atoms with E-state index in [4.69, 9.17) is 9.47 Å². The third-order valence-corrected chi connectivity index (χ3v) is 1.93. The summed E-state index contributed by atoms with van der Waals surface area (Å²) in [5.41, 5.74) is 0. The fraction of sp³-hybridized carbons (Fsp3) is 0.727. The van der Waals surface area contributed by atoms with Gasteiger partial charge in [0.2, 0.25) is 0 Å². The minimum Gasteiger partial charge on any atom is -0.465 e. The summed E-state index contributed by atoms with van der Waals surface area (Å²) in [6, 6.07) is 0. The van der Waals surface area contributed by atoms with E-state index in [1.807, 2.05) is 0 Å². The van der Waals surface area contributed by atoms with Crippen molar-refractivity contribution in [1.29, 1.82) is 0 Å². The van der Waals surface area contributed by atoms with Crippen LogP contribution in [0.1, 0.15) is 13.8 Å². The van der Waals surface area contributed by atoms with Crippen molar-refractivity contribution in [3.63, 3.8) is 0 Å². The molecule has 0 aromatic carbocycles. The molecule has 98 valence electrons. The second-order valence-electron chi connectivity index (χ2n) is 3.31. The Morgan fingerprint density at radius 2 is 1.82 bits per heavy atom. The molecule has 0 aromatic rings.